The van der Waals surface area contributed by atoms with Gasteiger partial charge in [-0.05, 0) is 112 Å². The number of fused-ring (bicyclic) bond motifs is 7. The fourth-order valence-corrected chi connectivity index (χ4v) is 10.3. The summed E-state index contributed by atoms with van der Waals surface area (Å²) in [5, 5.41) is 15.5. The Kier molecular flexibility index (Phi) is 9.61. The summed E-state index contributed by atoms with van der Waals surface area (Å²) >= 11 is 0. The van der Waals surface area contributed by atoms with E-state index < -0.39 is 0 Å². The molecule has 69 heavy (non-hydrogen) atoms. The van der Waals surface area contributed by atoms with Crippen molar-refractivity contribution in [2.75, 3.05) is 9.80 Å². The second-order valence-electron chi connectivity index (χ2n) is 18.2. The summed E-state index contributed by atoms with van der Waals surface area (Å²) in [7, 11) is 0. The molecule has 1 aliphatic rings. The van der Waals surface area contributed by atoms with Crippen LogP contribution in [0.25, 0.3) is 88.4 Å². The van der Waals surface area contributed by atoms with Crippen molar-refractivity contribution in [3.8, 4) is 44.8 Å². The minimum atomic E-state index is 0.320. The van der Waals surface area contributed by atoms with Crippen molar-refractivity contribution in [1.82, 2.24) is 25.0 Å². The molecule has 10 aromatic carbocycles. The molecule has 7 heteroatoms. The van der Waals surface area contributed by atoms with Crippen molar-refractivity contribution in [2.24, 2.45) is 5.92 Å². The van der Waals surface area contributed by atoms with Gasteiger partial charge in [0.25, 0.3) is 0 Å². The summed E-state index contributed by atoms with van der Waals surface area (Å²) in [6.45, 7) is 5.07. The van der Waals surface area contributed by atoms with Gasteiger partial charge in [-0.15, -0.1) is 0 Å². The van der Waals surface area contributed by atoms with Crippen LogP contribution in [0.5, 0.6) is 0 Å². The molecule has 7 nitrogen and oxygen atoms in total. The minimum Gasteiger partial charge on any atom is -0.311 e. The zero-order valence-electron chi connectivity index (χ0n) is 38.2. The number of hydrogen-bond acceptors (Lipinski definition) is 6. The van der Waals surface area contributed by atoms with Gasteiger partial charge in [-0.25, -0.2) is 9.97 Å². The highest BCUT2D eigenvalue weighted by Gasteiger charge is 2.31. The molecule has 0 N–H and O–H groups in total. The number of nitrogens with zero attached hydrogens (tertiary/aromatic N) is 7. The van der Waals surface area contributed by atoms with Crippen LogP contribution in [0.1, 0.15) is 13.8 Å². The summed E-state index contributed by atoms with van der Waals surface area (Å²) in [6, 6.07) is 77.2. The van der Waals surface area contributed by atoms with Gasteiger partial charge < -0.3 is 9.80 Å². The molecule has 0 fully saturated rings. The highest BCUT2D eigenvalue weighted by Crippen LogP contribution is 2.52. The molecule has 0 saturated carbocycles. The fraction of sp³-hybridized carbons (Fsp3) is 0.0645. The minimum absolute atomic E-state index is 0.320. The Morgan fingerprint density at radius 2 is 0.812 bits per heavy atom. The second-order valence-corrected chi connectivity index (χ2v) is 18.2. The maximum absolute atomic E-state index is 5.85. The van der Waals surface area contributed by atoms with Gasteiger partial charge in [0.2, 0.25) is 0 Å². The van der Waals surface area contributed by atoms with E-state index >= 15 is 0 Å². The SMILES string of the molecule is CC(C)Cn1nc2c(-c3ccc(N(c4ccccc4)c4ccccc4)cc3)c3nc4c(nc3c(-c3ccc(N(c5ccccc5)c5ccccc5)cc3)c2n1)-c1c2ccccc2cc2cccc-4c12. The average Bonchev–Trinajstić information content (AvgIpc) is 3.96. The van der Waals surface area contributed by atoms with E-state index in [1.54, 1.807) is 0 Å². The maximum atomic E-state index is 5.85. The Hall–Kier alpha value is -8.94. The van der Waals surface area contributed by atoms with E-state index in [0.29, 0.717) is 12.5 Å². The molecule has 0 radical (unpaired) electrons. The predicted molar refractivity (Wildman–Crippen MR) is 285 cm³/mol. The van der Waals surface area contributed by atoms with Crippen LogP contribution >= 0.6 is 0 Å². The third-order valence-corrected chi connectivity index (χ3v) is 13.3. The molecule has 0 aliphatic heterocycles. The molecule has 1 aliphatic carbocycles. The van der Waals surface area contributed by atoms with E-state index in [4.69, 9.17) is 20.2 Å². The molecule has 0 atom stereocenters. The van der Waals surface area contributed by atoms with Gasteiger partial charge in [0, 0.05) is 61.8 Å². The summed E-state index contributed by atoms with van der Waals surface area (Å²) in [5.41, 5.74) is 17.3. The standard InChI is InChI=1S/C62H45N7/c1-40(2)39-67-65-61-54(41-30-34-49(35-31-41)68(45-20-7-3-8-21-45)46-22-9-4-10-23-46)58-59(64-60-56-51-28-16-15-18-43(51)38-44-19-17-29-52(53(44)56)57(60)63-58)55(62(61)66-67)42-32-36-50(37-33-42)69(47-24-11-5-12-25-47)48-26-13-6-14-27-48/h3-38,40H,39H2,1-2H3. The average molecular weight is 888 g/mol. The number of benzene rings is 10. The fourth-order valence-electron chi connectivity index (χ4n) is 10.3. The lowest BCUT2D eigenvalue weighted by molar-refractivity contribution is 0.442. The highest BCUT2D eigenvalue weighted by atomic mass is 15.5. The van der Waals surface area contributed by atoms with Crippen LogP contribution in [0.2, 0.25) is 0 Å². The van der Waals surface area contributed by atoms with Crippen molar-refractivity contribution in [1.29, 1.82) is 0 Å². The lowest BCUT2D eigenvalue weighted by Crippen LogP contribution is -2.09. The Labute approximate surface area is 400 Å². The first-order valence-corrected chi connectivity index (χ1v) is 23.6. The van der Waals surface area contributed by atoms with Gasteiger partial charge in [-0.1, -0.05) is 153 Å². The smallest absolute Gasteiger partial charge is 0.124 e. The first-order chi connectivity index (χ1) is 34.1. The van der Waals surface area contributed by atoms with Crippen LogP contribution < -0.4 is 9.80 Å². The molecule has 0 bridgehead atoms. The quantitative estimate of drug-likeness (QED) is 0.128. The molecule has 0 saturated heterocycles. The second kappa shape index (κ2) is 16.4. The van der Waals surface area contributed by atoms with E-state index in [0.717, 1.165) is 101 Å². The third kappa shape index (κ3) is 6.81. The van der Waals surface area contributed by atoms with Crippen molar-refractivity contribution >= 4 is 77.7 Å². The zero-order chi connectivity index (χ0) is 46.0. The van der Waals surface area contributed by atoms with Crippen LogP contribution in [0, 0.1) is 5.92 Å². The van der Waals surface area contributed by atoms with Crippen molar-refractivity contribution in [3.63, 3.8) is 0 Å². The Morgan fingerprint density at radius 3 is 1.29 bits per heavy atom. The predicted octanol–water partition coefficient (Wildman–Crippen LogP) is 16.3. The number of hydrogen-bond donors (Lipinski definition) is 0. The largest absolute Gasteiger partial charge is 0.311 e. The summed E-state index contributed by atoms with van der Waals surface area (Å²) in [4.78, 5) is 18.1. The number of anilines is 6. The van der Waals surface area contributed by atoms with E-state index in [-0.39, 0.29) is 0 Å². The van der Waals surface area contributed by atoms with Gasteiger partial charge >= 0.3 is 0 Å². The Morgan fingerprint density at radius 1 is 0.391 bits per heavy atom. The number of para-hydroxylation sites is 4. The van der Waals surface area contributed by atoms with Gasteiger partial charge in [0.1, 0.15) is 22.1 Å². The zero-order valence-corrected chi connectivity index (χ0v) is 38.2. The van der Waals surface area contributed by atoms with Crippen LogP contribution in [0.4, 0.5) is 34.1 Å². The molecule has 328 valence electrons. The van der Waals surface area contributed by atoms with E-state index in [2.05, 4.69) is 242 Å². The van der Waals surface area contributed by atoms with Crippen molar-refractivity contribution < 1.29 is 0 Å². The molecule has 12 aromatic rings. The van der Waals surface area contributed by atoms with Crippen LogP contribution in [0.3, 0.4) is 0 Å². The normalized spacial score (nSPS) is 11.8. The molecule has 0 spiro atoms. The third-order valence-electron chi connectivity index (χ3n) is 13.3. The van der Waals surface area contributed by atoms with Crippen LogP contribution in [0.15, 0.2) is 218 Å². The Bertz CT molecular complexity index is 3790. The van der Waals surface area contributed by atoms with Crippen molar-refractivity contribution in [2.45, 2.75) is 20.4 Å². The van der Waals surface area contributed by atoms with Crippen LogP contribution in [-0.4, -0.2) is 25.0 Å². The monoisotopic (exact) mass is 887 g/mol. The van der Waals surface area contributed by atoms with Gasteiger partial charge in [-0.3, -0.25) is 0 Å². The van der Waals surface area contributed by atoms with E-state index in [1.165, 1.54) is 21.5 Å². The summed E-state index contributed by atoms with van der Waals surface area (Å²) < 4.78 is 0. The van der Waals surface area contributed by atoms with E-state index in [1.807, 2.05) is 4.80 Å². The van der Waals surface area contributed by atoms with E-state index in [9.17, 15) is 0 Å². The maximum Gasteiger partial charge on any atom is 0.124 e. The molecule has 0 unspecified atom stereocenters. The summed E-state index contributed by atoms with van der Waals surface area (Å²) in [6.07, 6.45) is 0. The summed E-state index contributed by atoms with van der Waals surface area (Å²) in [5.74, 6) is 0.320. The van der Waals surface area contributed by atoms with Crippen molar-refractivity contribution in [3.05, 3.63) is 218 Å². The topological polar surface area (TPSA) is 63.0 Å². The van der Waals surface area contributed by atoms with Gasteiger partial charge in [0.05, 0.1) is 17.9 Å². The first-order valence-electron chi connectivity index (χ1n) is 23.6. The van der Waals surface area contributed by atoms with Crippen LogP contribution in [-0.2, 0) is 6.54 Å². The molecular weight excluding hydrogens is 843 g/mol. The molecule has 13 rings (SSSR count). The molecule has 2 aromatic heterocycles. The molecular formula is C62H45N7. The highest BCUT2D eigenvalue weighted by molar-refractivity contribution is 6.25. The van der Waals surface area contributed by atoms with Gasteiger partial charge in [0.15, 0.2) is 0 Å². The van der Waals surface area contributed by atoms with Gasteiger partial charge in [-0.2, -0.15) is 15.0 Å². The first kappa shape index (κ1) is 40.3. The lowest BCUT2D eigenvalue weighted by Gasteiger charge is -2.25. The molecule has 2 heterocycles. The number of aromatic nitrogens is 5. The number of rotatable bonds is 10. The lowest BCUT2D eigenvalue weighted by atomic mass is 9.94. The Balaban J connectivity index is 1.08. The molecule has 0 amide bonds.